The van der Waals surface area contributed by atoms with E-state index in [9.17, 15) is 19.2 Å². The smallest absolute Gasteiger partial charge is 0.270 e. The molecule has 2 aliphatic heterocycles. The lowest BCUT2D eigenvalue weighted by molar-refractivity contribution is -0.122. The molecule has 1 amide bonds. The van der Waals surface area contributed by atoms with Crippen molar-refractivity contribution in [2.24, 2.45) is 7.05 Å². The van der Waals surface area contributed by atoms with Crippen molar-refractivity contribution in [2.45, 2.75) is 13.5 Å². The van der Waals surface area contributed by atoms with Crippen LogP contribution in [0.4, 0.5) is 10.2 Å². The summed E-state index contributed by atoms with van der Waals surface area (Å²) in [4.78, 5) is 30.1. The molecule has 0 unspecified atom stereocenters. The fraction of sp³-hybridized carbons (Fsp3) is 0.304. The van der Waals surface area contributed by atoms with Gasteiger partial charge in [-0.3, -0.25) is 19.1 Å². The molecule has 33 heavy (non-hydrogen) atoms. The Morgan fingerprint density at radius 2 is 1.88 bits per heavy atom. The van der Waals surface area contributed by atoms with Crippen LogP contribution >= 0.6 is 35.7 Å². The lowest BCUT2D eigenvalue weighted by Gasteiger charge is -2.32. The number of aromatic nitrogens is 1. The molecule has 0 radical (unpaired) electrons. The predicted octanol–water partition coefficient (Wildman–Crippen LogP) is 3.66. The number of hydrogen-bond donors (Lipinski definition) is 0. The highest BCUT2D eigenvalue weighted by atomic mass is 32.2. The highest BCUT2D eigenvalue weighted by Gasteiger charge is 2.33. The second-order valence-corrected chi connectivity index (χ2v) is 10.6. The summed E-state index contributed by atoms with van der Waals surface area (Å²) in [5, 5.41) is 9.60. The third-order valence-electron chi connectivity index (χ3n) is 5.68. The van der Waals surface area contributed by atoms with Gasteiger partial charge in [0.15, 0.2) is 0 Å². The minimum absolute atomic E-state index is 0.0701. The molecule has 6 nitrogen and oxygen atoms in total. The Hall–Kier alpha value is -2.61. The largest absolute Gasteiger partial charge is 0.356 e. The van der Waals surface area contributed by atoms with Gasteiger partial charge in [0.1, 0.15) is 27.6 Å². The summed E-state index contributed by atoms with van der Waals surface area (Å²) in [6, 6.07) is 7.97. The van der Waals surface area contributed by atoms with Crippen molar-refractivity contribution in [3.8, 4) is 6.07 Å². The zero-order chi connectivity index (χ0) is 23.7. The van der Waals surface area contributed by atoms with Crippen molar-refractivity contribution in [1.82, 2.24) is 9.47 Å². The minimum Gasteiger partial charge on any atom is -0.356 e. The van der Waals surface area contributed by atoms with Gasteiger partial charge in [-0.2, -0.15) is 17.0 Å². The quantitative estimate of drug-likeness (QED) is 0.469. The maximum atomic E-state index is 13.2. The van der Waals surface area contributed by atoms with Gasteiger partial charge < -0.3 is 4.90 Å². The number of anilines is 1. The first-order valence-corrected chi connectivity index (χ1v) is 12.7. The number of halogens is 1. The molecule has 2 saturated heterocycles. The number of carbonyl (C=O) groups is 1. The van der Waals surface area contributed by atoms with Crippen LogP contribution in [0.2, 0.25) is 0 Å². The molecular weight excluding hydrogens is 479 g/mol. The van der Waals surface area contributed by atoms with Crippen LogP contribution in [0.5, 0.6) is 0 Å². The number of pyridine rings is 1. The van der Waals surface area contributed by atoms with Gasteiger partial charge in [0.05, 0.1) is 11.4 Å². The predicted molar refractivity (Wildman–Crippen MR) is 136 cm³/mol. The van der Waals surface area contributed by atoms with E-state index in [1.165, 1.54) is 33.4 Å². The van der Waals surface area contributed by atoms with Crippen LogP contribution in [0.25, 0.3) is 6.08 Å². The summed E-state index contributed by atoms with van der Waals surface area (Å²) >= 11 is 8.50. The number of nitrogens with zero attached hydrogens (tertiary/aromatic N) is 4. The third-order valence-corrected chi connectivity index (χ3v) is 8.00. The molecular formula is C23H21FN4O2S3. The second kappa shape index (κ2) is 9.71. The molecule has 0 spiro atoms. The maximum absolute atomic E-state index is 13.2. The summed E-state index contributed by atoms with van der Waals surface area (Å²) in [6.45, 7) is 3.53. The Bertz CT molecular complexity index is 1260. The standard InChI is InChI=1S/C23H21FN4O2S3/c1-14-17(20(27-7-9-32-10-8-27)26(2)21(29)18(14)12-25)11-19-22(30)28(23(31)33-19)13-15-3-5-16(24)6-4-15/h3-6,11H,7-10,13H2,1-2H3. The van der Waals surface area contributed by atoms with Crippen LogP contribution in [0.1, 0.15) is 22.3 Å². The van der Waals surface area contributed by atoms with E-state index in [2.05, 4.69) is 4.90 Å². The molecule has 3 heterocycles. The van der Waals surface area contributed by atoms with Crippen molar-refractivity contribution in [2.75, 3.05) is 29.5 Å². The first kappa shape index (κ1) is 23.5. The fourth-order valence-corrected chi connectivity index (χ4v) is 6.05. The van der Waals surface area contributed by atoms with Crippen LogP contribution in [0.3, 0.4) is 0 Å². The van der Waals surface area contributed by atoms with E-state index >= 15 is 0 Å². The van der Waals surface area contributed by atoms with Gasteiger partial charge in [0.25, 0.3) is 11.5 Å². The Kier molecular flexibility index (Phi) is 6.93. The van der Waals surface area contributed by atoms with Crippen LogP contribution < -0.4 is 10.5 Å². The highest BCUT2D eigenvalue weighted by Crippen LogP contribution is 2.36. The molecule has 0 saturated carbocycles. The zero-order valence-electron chi connectivity index (χ0n) is 18.1. The molecule has 170 valence electrons. The van der Waals surface area contributed by atoms with E-state index in [-0.39, 0.29) is 29.4 Å². The van der Waals surface area contributed by atoms with Gasteiger partial charge in [0, 0.05) is 37.2 Å². The van der Waals surface area contributed by atoms with Crippen LogP contribution in [-0.4, -0.2) is 44.3 Å². The molecule has 2 aromatic rings. The second-order valence-electron chi connectivity index (χ2n) is 7.71. The average molecular weight is 501 g/mol. The molecule has 10 heteroatoms. The monoisotopic (exact) mass is 500 g/mol. The summed E-state index contributed by atoms with van der Waals surface area (Å²) in [5.41, 5.74) is 1.73. The van der Waals surface area contributed by atoms with Gasteiger partial charge >= 0.3 is 0 Å². The van der Waals surface area contributed by atoms with Crippen LogP contribution in [-0.2, 0) is 18.4 Å². The molecule has 0 aliphatic carbocycles. The van der Waals surface area contributed by atoms with Crippen LogP contribution in [0, 0.1) is 24.1 Å². The first-order chi connectivity index (χ1) is 15.8. The van der Waals surface area contributed by atoms with Gasteiger partial charge in [-0.15, -0.1) is 0 Å². The van der Waals surface area contributed by atoms with E-state index in [0.29, 0.717) is 26.2 Å². The van der Waals surface area contributed by atoms with Gasteiger partial charge in [-0.25, -0.2) is 4.39 Å². The number of thiocarbonyl (C=S) groups is 1. The Morgan fingerprint density at radius 3 is 2.52 bits per heavy atom. The third kappa shape index (κ3) is 4.58. The molecule has 2 aliphatic rings. The van der Waals surface area contributed by atoms with Crippen LogP contribution in [0.15, 0.2) is 34.0 Å². The molecule has 1 aromatic carbocycles. The molecule has 4 rings (SSSR count). The Labute approximate surface area is 205 Å². The highest BCUT2D eigenvalue weighted by molar-refractivity contribution is 8.26. The normalized spacial score (nSPS) is 17.7. The maximum Gasteiger partial charge on any atom is 0.270 e. The summed E-state index contributed by atoms with van der Waals surface area (Å²) < 4.78 is 15.2. The van der Waals surface area contributed by atoms with Crippen molar-refractivity contribution in [3.63, 3.8) is 0 Å². The molecule has 2 fully saturated rings. The Morgan fingerprint density at radius 1 is 1.21 bits per heavy atom. The molecule has 0 N–H and O–H groups in total. The summed E-state index contributed by atoms with van der Waals surface area (Å²) in [7, 11) is 1.66. The van der Waals surface area contributed by atoms with Gasteiger partial charge in [-0.1, -0.05) is 36.1 Å². The number of thioether (sulfide) groups is 2. The van der Waals surface area contributed by atoms with E-state index in [1.807, 2.05) is 17.8 Å². The van der Waals surface area contributed by atoms with E-state index in [1.54, 1.807) is 32.2 Å². The van der Waals surface area contributed by atoms with E-state index < -0.39 is 0 Å². The SMILES string of the molecule is Cc1c(C=C2SC(=S)N(Cc3ccc(F)cc3)C2=O)c(N2CCSCC2)n(C)c(=O)c1C#N. The lowest BCUT2D eigenvalue weighted by Crippen LogP contribution is -2.38. The summed E-state index contributed by atoms with van der Waals surface area (Å²) in [6.07, 6.45) is 1.75. The first-order valence-electron chi connectivity index (χ1n) is 10.3. The molecule has 1 aromatic heterocycles. The Balaban J connectivity index is 1.76. The van der Waals surface area contributed by atoms with Crippen molar-refractivity contribution >= 4 is 57.9 Å². The van der Waals surface area contributed by atoms with Gasteiger partial charge in [-0.05, 0) is 36.3 Å². The molecule has 0 atom stereocenters. The average Bonchev–Trinajstić information content (AvgIpc) is 3.07. The van der Waals surface area contributed by atoms with E-state index in [0.717, 1.165) is 30.2 Å². The van der Waals surface area contributed by atoms with Crippen molar-refractivity contribution in [3.05, 3.63) is 67.6 Å². The topological polar surface area (TPSA) is 69.3 Å². The van der Waals surface area contributed by atoms with E-state index in [4.69, 9.17) is 12.2 Å². The zero-order valence-corrected chi connectivity index (χ0v) is 20.6. The number of benzene rings is 1. The lowest BCUT2D eigenvalue weighted by atomic mass is 10.0. The van der Waals surface area contributed by atoms with Crippen molar-refractivity contribution < 1.29 is 9.18 Å². The number of rotatable bonds is 4. The minimum atomic E-state index is -0.343. The van der Waals surface area contributed by atoms with Gasteiger partial charge in [0.2, 0.25) is 0 Å². The molecule has 0 bridgehead atoms. The number of amides is 1. The fourth-order valence-electron chi connectivity index (χ4n) is 3.91. The number of carbonyl (C=O) groups excluding carboxylic acids is 1. The summed E-state index contributed by atoms with van der Waals surface area (Å²) in [5.74, 6) is 1.99. The number of hydrogen-bond acceptors (Lipinski definition) is 7. The number of nitriles is 1. The van der Waals surface area contributed by atoms with Crippen molar-refractivity contribution in [1.29, 1.82) is 5.26 Å².